The summed E-state index contributed by atoms with van der Waals surface area (Å²) >= 11 is 8.51. The van der Waals surface area contributed by atoms with Gasteiger partial charge >= 0.3 is 5.97 Å². The van der Waals surface area contributed by atoms with E-state index in [1.165, 1.54) is 17.0 Å². The Morgan fingerprint density at radius 3 is 2.48 bits per heavy atom. The third kappa shape index (κ3) is 4.05. The van der Waals surface area contributed by atoms with E-state index >= 15 is 0 Å². The van der Waals surface area contributed by atoms with Crippen LogP contribution in [0.3, 0.4) is 0 Å². The predicted octanol–water partition coefficient (Wildman–Crippen LogP) is 4.24. The second kappa shape index (κ2) is 8.29. The van der Waals surface area contributed by atoms with E-state index in [0.29, 0.717) is 17.0 Å². The maximum Gasteiger partial charge on any atom is 0.336 e. The average molecular weight is 497 g/mol. The van der Waals surface area contributed by atoms with E-state index in [2.05, 4.69) is 21.2 Å². The summed E-state index contributed by atoms with van der Waals surface area (Å²) in [7, 11) is 0. The van der Waals surface area contributed by atoms with Gasteiger partial charge in [0, 0.05) is 10.0 Å². The van der Waals surface area contributed by atoms with Gasteiger partial charge in [0.25, 0.3) is 11.8 Å². The van der Waals surface area contributed by atoms with Crippen molar-refractivity contribution in [2.75, 3.05) is 4.90 Å². The van der Waals surface area contributed by atoms with Gasteiger partial charge in [0.15, 0.2) is 5.11 Å². The quantitative estimate of drug-likeness (QED) is 0.318. The topological polar surface area (TPSA) is 99.9 Å². The maximum atomic E-state index is 13.0. The molecular weight excluding hydrogens is 484 g/mol. The van der Waals surface area contributed by atoms with Gasteiger partial charge in [-0.25, -0.2) is 4.79 Å². The van der Waals surface area contributed by atoms with Gasteiger partial charge in [0.1, 0.15) is 17.1 Å². The molecule has 3 aromatic rings. The molecule has 0 saturated carbocycles. The van der Waals surface area contributed by atoms with Crippen LogP contribution in [0.2, 0.25) is 0 Å². The van der Waals surface area contributed by atoms with Crippen LogP contribution in [0.5, 0.6) is 0 Å². The van der Waals surface area contributed by atoms with Crippen molar-refractivity contribution in [1.29, 1.82) is 0 Å². The number of hydrogen-bond donors (Lipinski definition) is 2. The molecule has 0 radical (unpaired) electrons. The molecule has 2 N–H and O–H groups in total. The summed E-state index contributed by atoms with van der Waals surface area (Å²) in [6.45, 7) is 0. The maximum absolute atomic E-state index is 13.0. The lowest BCUT2D eigenvalue weighted by atomic mass is 10.1. The Balaban J connectivity index is 1.69. The molecule has 1 aliphatic rings. The minimum Gasteiger partial charge on any atom is -0.478 e. The van der Waals surface area contributed by atoms with E-state index in [-0.39, 0.29) is 22.0 Å². The lowest BCUT2D eigenvalue weighted by Gasteiger charge is -2.28. The molecule has 1 fully saturated rings. The summed E-state index contributed by atoms with van der Waals surface area (Å²) in [6, 6.07) is 16.4. The summed E-state index contributed by atoms with van der Waals surface area (Å²) in [6.07, 6.45) is 1.30. The first-order chi connectivity index (χ1) is 14.8. The SMILES string of the molecule is O=C1NC(=S)N(c2ccc(Br)cc2)C(=O)/C1=C/c1ccc(-c2ccccc2C(=O)O)o1. The predicted molar refractivity (Wildman–Crippen MR) is 121 cm³/mol. The van der Waals surface area contributed by atoms with Gasteiger partial charge in [0.2, 0.25) is 0 Å². The molecule has 31 heavy (non-hydrogen) atoms. The number of halogens is 1. The number of nitrogens with zero attached hydrogens (tertiary/aromatic N) is 1. The Kier molecular flexibility index (Phi) is 5.53. The van der Waals surface area contributed by atoms with Crippen LogP contribution >= 0.6 is 28.1 Å². The number of aromatic carboxylic acids is 1. The van der Waals surface area contributed by atoms with Crippen LogP contribution in [0.25, 0.3) is 17.4 Å². The molecule has 9 heteroatoms. The van der Waals surface area contributed by atoms with E-state index in [0.717, 1.165) is 4.47 Å². The van der Waals surface area contributed by atoms with Crippen molar-refractivity contribution in [2.24, 2.45) is 0 Å². The monoisotopic (exact) mass is 496 g/mol. The number of furan rings is 1. The third-order valence-corrected chi connectivity index (χ3v) is 5.34. The van der Waals surface area contributed by atoms with E-state index < -0.39 is 17.8 Å². The highest BCUT2D eigenvalue weighted by Gasteiger charge is 2.34. The molecule has 0 unspecified atom stereocenters. The van der Waals surface area contributed by atoms with Gasteiger partial charge in [-0.2, -0.15) is 0 Å². The molecule has 0 aliphatic carbocycles. The van der Waals surface area contributed by atoms with Gasteiger partial charge in [0.05, 0.1) is 11.3 Å². The molecule has 2 aromatic carbocycles. The van der Waals surface area contributed by atoms with Crippen molar-refractivity contribution >= 4 is 62.8 Å². The standard InChI is InChI=1S/C22H13BrN2O5S/c23-12-5-7-13(8-6-12)25-20(27)17(19(26)24-22(25)31)11-14-9-10-18(30-14)15-3-1-2-4-16(15)21(28)29/h1-11H,(H,28,29)(H,24,26,31)/b17-11+. The van der Waals surface area contributed by atoms with E-state index in [9.17, 15) is 19.5 Å². The zero-order valence-corrected chi connectivity index (χ0v) is 18.1. The first-order valence-corrected chi connectivity index (χ1v) is 10.1. The highest BCUT2D eigenvalue weighted by Crippen LogP contribution is 2.28. The van der Waals surface area contributed by atoms with Gasteiger partial charge in [-0.15, -0.1) is 0 Å². The fraction of sp³-hybridized carbons (Fsp3) is 0. The number of carboxylic acids is 1. The molecule has 1 saturated heterocycles. The van der Waals surface area contributed by atoms with E-state index in [1.807, 2.05) is 0 Å². The lowest BCUT2D eigenvalue weighted by Crippen LogP contribution is -2.54. The molecular formula is C22H13BrN2O5S. The average Bonchev–Trinajstić information content (AvgIpc) is 3.21. The summed E-state index contributed by atoms with van der Waals surface area (Å²) in [5.41, 5.74) is 0.801. The number of hydrogen-bond acceptors (Lipinski definition) is 5. The molecule has 154 valence electrons. The Morgan fingerprint density at radius 1 is 1.06 bits per heavy atom. The highest BCUT2D eigenvalue weighted by molar-refractivity contribution is 9.10. The Bertz CT molecular complexity index is 1260. The Hall–Kier alpha value is -3.56. The van der Waals surface area contributed by atoms with Crippen LogP contribution in [-0.4, -0.2) is 28.0 Å². The molecule has 0 spiro atoms. The largest absolute Gasteiger partial charge is 0.478 e. The van der Waals surface area contributed by atoms with Gasteiger partial charge in [-0.05, 0) is 60.8 Å². The fourth-order valence-corrected chi connectivity index (χ4v) is 3.63. The molecule has 2 amide bonds. The summed E-state index contributed by atoms with van der Waals surface area (Å²) in [4.78, 5) is 38.1. The van der Waals surface area contributed by atoms with Crippen LogP contribution in [0.15, 0.2) is 75.1 Å². The minimum absolute atomic E-state index is 0.0232. The summed E-state index contributed by atoms with van der Waals surface area (Å²) in [5, 5.41) is 11.9. The third-order valence-electron chi connectivity index (χ3n) is 4.52. The zero-order valence-electron chi connectivity index (χ0n) is 15.7. The summed E-state index contributed by atoms with van der Waals surface area (Å²) in [5.74, 6) is -1.81. The van der Waals surface area contributed by atoms with E-state index in [4.69, 9.17) is 16.6 Å². The van der Waals surface area contributed by atoms with Crippen LogP contribution in [0, 0.1) is 0 Å². The van der Waals surface area contributed by atoms with Crippen molar-refractivity contribution in [2.45, 2.75) is 0 Å². The lowest BCUT2D eigenvalue weighted by molar-refractivity contribution is -0.122. The second-order valence-electron chi connectivity index (χ2n) is 6.49. The van der Waals surface area contributed by atoms with Crippen LogP contribution in [0.4, 0.5) is 5.69 Å². The number of benzene rings is 2. The van der Waals surface area contributed by atoms with Crippen molar-refractivity contribution in [3.8, 4) is 11.3 Å². The van der Waals surface area contributed by atoms with Crippen molar-refractivity contribution in [3.63, 3.8) is 0 Å². The minimum atomic E-state index is -1.09. The van der Waals surface area contributed by atoms with E-state index in [1.54, 1.807) is 54.6 Å². The van der Waals surface area contributed by atoms with Crippen molar-refractivity contribution < 1.29 is 23.9 Å². The van der Waals surface area contributed by atoms with Crippen molar-refractivity contribution in [3.05, 3.63) is 82.0 Å². The first-order valence-electron chi connectivity index (χ1n) is 8.94. The number of carbonyl (C=O) groups excluding carboxylic acids is 2. The highest BCUT2D eigenvalue weighted by atomic mass is 79.9. The molecule has 0 bridgehead atoms. The Morgan fingerprint density at radius 2 is 1.77 bits per heavy atom. The van der Waals surface area contributed by atoms with Crippen LogP contribution < -0.4 is 10.2 Å². The normalized spacial score (nSPS) is 15.3. The van der Waals surface area contributed by atoms with Crippen molar-refractivity contribution in [1.82, 2.24) is 5.32 Å². The number of rotatable bonds is 4. The number of amides is 2. The van der Waals surface area contributed by atoms with Gasteiger partial charge < -0.3 is 9.52 Å². The smallest absolute Gasteiger partial charge is 0.336 e. The molecule has 1 aromatic heterocycles. The number of anilines is 1. The number of carboxylic acid groups (broad SMARTS) is 1. The Labute approximate surface area is 190 Å². The number of carbonyl (C=O) groups is 3. The van der Waals surface area contributed by atoms with Crippen LogP contribution in [-0.2, 0) is 9.59 Å². The number of nitrogens with one attached hydrogen (secondary N) is 1. The second-order valence-corrected chi connectivity index (χ2v) is 7.79. The zero-order chi connectivity index (χ0) is 22.1. The molecule has 1 aliphatic heterocycles. The molecule has 7 nitrogen and oxygen atoms in total. The van der Waals surface area contributed by atoms with Gasteiger partial charge in [-0.1, -0.05) is 34.1 Å². The molecule has 0 atom stereocenters. The fourth-order valence-electron chi connectivity index (χ4n) is 3.08. The first kappa shape index (κ1) is 20.7. The number of thiocarbonyl (C=S) groups is 1. The molecule has 4 rings (SSSR count). The summed E-state index contributed by atoms with van der Waals surface area (Å²) < 4.78 is 6.54. The molecule has 2 heterocycles. The van der Waals surface area contributed by atoms with Gasteiger partial charge in [-0.3, -0.25) is 19.8 Å². The van der Waals surface area contributed by atoms with Crippen LogP contribution in [0.1, 0.15) is 16.1 Å².